The van der Waals surface area contributed by atoms with Gasteiger partial charge in [0, 0.05) is 23.8 Å². The standard InChI is InChI=1S/C15H28BrNO/c1-11(2)14(12(3)4)15(18)17-9-7-5-6-8-13(17)10-16/h11-14H,5-10H2,1-4H3. The van der Waals surface area contributed by atoms with E-state index in [2.05, 4.69) is 48.5 Å². The summed E-state index contributed by atoms with van der Waals surface area (Å²) in [5, 5.41) is 0.918. The molecule has 1 rings (SSSR count). The molecule has 0 aromatic rings. The van der Waals surface area contributed by atoms with E-state index in [9.17, 15) is 4.79 Å². The van der Waals surface area contributed by atoms with Gasteiger partial charge in [-0.25, -0.2) is 0 Å². The summed E-state index contributed by atoms with van der Waals surface area (Å²) in [6.07, 6.45) is 4.84. The number of nitrogens with zero attached hydrogens (tertiary/aromatic N) is 1. The number of carbonyl (C=O) groups is 1. The Morgan fingerprint density at radius 1 is 1.17 bits per heavy atom. The van der Waals surface area contributed by atoms with Gasteiger partial charge in [0.25, 0.3) is 0 Å². The summed E-state index contributed by atoms with van der Waals surface area (Å²) in [6, 6.07) is 0.403. The molecule has 1 heterocycles. The van der Waals surface area contributed by atoms with Crippen molar-refractivity contribution in [1.82, 2.24) is 4.90 Å². The van der Waals surface area contributed by atoms with Gasteiger partial charge in [-0.3, -0.25) is 4.79 Å². The fraction of sp³-hybridized carbons (Fsp3) is 0.933. The first-order chi connectivity index (χ1) is 8.49. The van der Waals surface area contributed by atoms with Crippen molar-refractivity contribution in [1.29, 1.82) is 0 Å². The predicted molar refractivity (Wildman–Crippen MR) is 80.9 cm³/mol. The molecule has 1 unspecified atom stereocenters. The molecule has 0 aliphatic carbocycles. The molecule has 1 amide bonds. The summed E-state index contributed by atoms with van der Waals surface area (Å²) in [5.41, 5.74) is 0. The molecule has 0 spiro atoms. The van der Waals surface area contributed by atoms with Crippen LogP contribution in [-0.4, -0.2) is 28.7 Å². The summed E-state index contributed by atoms with van der Waals surface area (Å²) in [7, 11) is 0. The van der Waals surface area contributed by atoms with Gasteiger partial charge in [0.15, 0.2) is 0 Å². The smallest absolute Gasteiger partial charge is 0.226 e. The molecule has 1 aliphatic heterocycles. The molecular formula is C15H28BrNO. The summed E-state index contributed by atoms with van der Waals surface area (Å²) in [6.45, 7) is 9.63. The Labute approximate surface area is 121 Å². The minimum Gasteiger partial charge on any atom is -0.339 e. The van der Waals surface area contributed by atoms with Gasteiger partial charge in [-0.15, -0.1) is 0 Å². The van der Waals surface area contributed by atoms with Crippen molar-refractivity contribution in [2.45, 2.75) is 59.4 Å². The molecule has 106 valence electrons. The van der Waals surface area contributed by atoms with E-state index in [1.165, 1.54) is 12.8 Å². The van der Waals surface area contributed by atoms with Crippen LogP contribution in [0, 0.1) is 17.8 Å². The highest BCUT2D eigenvalue weighted by molar-refractivity contribution is 9.09. The summed E-state index contributed by atoms with van der Waals surface area (Å²) < 4.78 is 0. The molecule has 0 aromatic heterocycles. The maximum atomic E-state index is 12.8. The fourth-order valence-corrected chi connectivity index (χ4v) is 3.83. The SMILES string of the molecule is CC(C)C(C(=O)N1CCCCCC1CBr)C(C)C. The summed E-state index contributed by atoms with van der Waals surface area (Å²) >= 11 is 3.58. The van der Waals surface area contributed by atoms with Gasteiger partial charge in [0.05, 0.1) is 0 Å². The second-order valence-corrected chi connectivity index (χ2v) is 6.85. The Kier molecular flexibility index (Phi) is 6.68. The Bertz CT molecular complexity index is 257. The number of hydrogen-bond acceptors (Lipinski definition) is 1. The Morgan fingerprint density at radius 2 is 1.78 bits per heavy atom. The molecule has 2 nitrogen and oxygen atoms in total. The van der Waals surface area contributed by atoms with Gasteiger partial charge in [0.2, 0.25) is 5.91 Å². The van der Waals surface area contributed by atoms with E-state index in [-0.39, 0.29) is 5.92 Å². The lowest BCUT2D eigenvalue weighted by atomic mass is 9.84. The highest BCUT2D eigenvalue weighted by atomic mass is 79.9. The molecule has 0 radical (unpaired) electrons. The summed E-state index contributed by atoms with van der Waals surface area (Å²) in [4.78, 5) is 15.0. The third-order valence-corrected chi connectivity index (χ3v) is 4.81. The highest BCUT2D eigenvalue weighted by Crippen LogP contribution is 2.27. The van der Waals surface area contributed by atoms with E-state index in [4.69, 9.17) is 0 Å². The molecule has 0 N–H and O–H groups in total. The van der Waals surface area contributed by atoms with Crippen molar-refractivity contribution in [2.24, 2.45) is 17.8 Å². The lowest BCUT2D eigenvalue weighted by Crippen LogP contribution is -2.46. The van der Waals surface area contributed by atoms with Crippen molar-refractivity contribution in [3.05, 3.63) is 0 Å². The third kappa shape index (κ3) is 3.97. The fourth-order valence-electron chi connectivity index (χ4n) is 3.16. The van der Waals surface area contributed by atoms with Crippen LogP contribution in [0.3, 0.4) is 0 Å². The largest absolute Gasteiger partial charge is 0.339 e. The van der Waals surface area contributed by atoms with Crippen LogP contribution in [0.5, 0.6) is 0 Å². The molecule has 1 saturated heterocycles. The quantitative estimate of drug-likeness (QED) is 0.715. The second kappa shape index (κ2) is 7.52. The van der Waals surface area contributed by atoms with E-state index >= 15 is 0 Å². The first-order valence-electron chi connectivity index (χ1n) is 7.35. The number of likely N-dealkylation sites (tertiary alicyclic amines) is 1. The Morgan fingerprint density at radius 3 is 2.28 bits per heavy atom. The molecule has 0 saturated carbocycles. The molecule has 1 atom stereocenters. The average Bonchev–Trinajstić information content (AvgIpc) is 2.52. The van der Waals surface area contributed by atoms with Crippen molar-refractivity contribution in [2.75, 3.05) is 11.9 Å². The normalized spacial score (nSPS) is 21.8. The third-order valence-electron chi connectivity index (χ3n) is 4.06. The van der Waals surface area contributed by atoms with Crippen molar-refractivity contribution in [3.63, 3.8) is 0 Å². The number of amides is 1. The number of halogens is 1. The van der Waals surface area contributed by atoms with Crippen LogP contribution >= 0.6 is 15.9 Å². The van der Waals surface area contributed by atoms with Gasteiger partial charge in [-0.2, -0.15) is 0 Å². The van der Waals surface area contributed by atoms with Crippen molar-refractivity contribution >= 4 is 21.8 Å². The van der Waals surface area contributed by atoms with Crippen LogP contribution < -0.4 is 0 Å². The zero-order valence-corrected chi connectivity index (χ0v) is 13.9. The van der Waals surface area contributed by atoms with Crippen LogP contribution in [0.4, 0.5) is 0 Å². The van der Waals surface area contributed by atoms with Gasteiger partial charge < -0.3 is 4.90 Å². The van der Waals surface area contributed by atoms with E-state index in [1.807, 2.05) is 0 Å². The number of alkyl halides is 1. The van der Waals surface area contributed by atoms with Gasteiger partial charge in [-0.1, -0.05) is 56.5 Å². The minimum absolute atomic E-state index is 0.171. The van der Waals surface area contributed by atoms with Crippen LogP contribution in [0.15, 0.2) is 0 Å². The molecule has 3 heteroatoms. The number of hydrogen-bond donors (Lipinski definition) is 0. The van der Waals surface area contributed by atoms with Crippen molar-refractivity contribution in [3.8, 4) is 0 Å². The first kappa shape index (κ1) is 16.0. The molecule has 1 fully saturated rings. The summed E-state index contributed by atoms with van der Waals surface area (Å²) in [5.74, 6) is 1.41. The maximum Gasteiger partial charge on any atom is 0.226 e. The maximum absolute atomic E-state index is 12.8. The number of carbonyl (C=O) groups excluding carboxylic acids is 1. The van der Waals surface area contributed by atoms with Crippen LogP contribution in [0.25, 0.3) is 0 Å². The minimum atomic E-state index is 0.171. The van der Waals surface area contributed by atoms with Crippen molar-refractivity contribution < 1.29 is 4.79 Å². The van der Waals surface area contributed by atoms with Crippen LogP contribution in [0.2, 0.25) is 0 Å². The van der Waals surface area contributed by atoms with E-state index in [1.54, 1.807) is 0 Å². The highest BCUT2D eigenvalue weighted by Gasteiger charge is 2.33. The van der Waals surface area contributed by atoms with E-state index < -0.39 is 0 Å². The lowest BCUT2D eigenvalue weighted by molar-refractivity contribution is -0.140. The van der Waals surface area contributed by atoms with E-state index in [0.29, 0.717) is 23.8 Å². The van der Waals surface area contributed by atoms with Gasteiger partial charge in [0.1, 0.15) is 0 Å². The first-order valence-corrected chi connectivity index (χ1v) is 8.47. The zero-order chi connectivity index (χ0) is 13.7. The van der Waals surface area contributed by atoms with Gasteiger partial charge in [-0.05, 0) is 24.7 Å². The lowest BCUT2D eigenvalue weighted by Gasteiger charge is -2.35. The average molecular weight is 318 g/mol. The predicted octanol–water partition coefficient (Wildman–Crippen LogP) is 4.08. The molecule has 18 heavy (non-hydrogen) atoms. The van der Waals surface area contributed by atoms with Crippen LogP contribution in [-0.2, 0) is 4.79 Å². The molecule has 0 aromatic carbocycles. The zero-order valence-electron chi connectivity index (χ0n) is 12.3. The molecule has 1 aliphatic rings. The van der Waals surface area contributed by atoms with E-state index in [0.717, 1.165) is 24.7 Å². The van der Waals surface area contributed by atoms with Gasteiger partial charge >= 0.3 is 0 Å². The second-order valence-electron chi connectivity index (χ2n) is 6.20. The monoisotopic (exact) mass is 317 g/mol. The molecular weight excluding hydrogens is 290 g/mol. The molecule has 0 bridgehead atoms. The van der Waals surface area contributed by atoms with Crippen LogP contribution in [0.1, 0.15) is 53.4 Å². The number of rotatable bonds is 4. The Hall–Kier alpha value is -0.0500. The Balaban J connectivity index is 2.83. The topological polar surface area (TPSA) is 20.3 Å².